The molecular weight excluding hydrogens is 255 g/mol. The lowest BCUT2D eigenvalue weighted by Crippen LogP contribution is -2.21. The van der Waals surface area contributed by atoms with E-state index in [4.69, 9.17) is 16.0 Å². The average molecular weight is 269 g/mol. The molecule has 0 amide bonds. The second-order valence-corrected chi connectivity index (χ2v) is 4.63. The molecule has 0 saturated heterocycles. The van der Waals surface area contributed by atoms with E-state index in [1.54, 1.807) is 18.3 Å². The van der Waals surface area contributed by atoms with E-state index in [0.717, 1.165) is 0 Å². The number of benzene rings is 1. The Morgan fingerprint density at radius 3 is 2.94 bits per heavy atom. The molecule has 1 N–H and O–H groups in total. The van der Waals surface area contributed by atoms with Crippen molar-refractivity contribution >= 4 is 11.6 Å². The van der Waals surface area contributed by atoms with Crippen LogP contribution in [-0.2, 0) is 6.54 Å². The molecule has 2 rings (SSSR count). The quantitative estimate of drug-likeness (QED) is 0.920. The molecule has 0 spiro atoms. The zero-order valence-electron chi connectivity index (χ0n) is 10.2. The van der Waals surface area contributed by atoms with Gasteiger partial charge in [-0.2, -0.15) is 0 Å². The summed E-state index contributed by atoms with van der Waals surface area (Å²) in [6.07, 6.45) is 1.55. The summed E-state index contributed by atoms with van der Waals surface area (Å²) in [4.78, 5) is 4.13. The fraction of sp³-hybridized carbons (Fsp3) is 0.308. The van der Waals surface area contributed by atoms with Crippen LogP contribution in [0, 0.1) is 5.82 Å². The minimum atomic E-state index is -0.465. The standard InChI is InChI=1S/C13H14ClFN2O/c1-8(2)16-7-12-17-6-11(18-12)9-4-3-5-10(15)13(9)14/h3-6,8,16H,7H2,1-2H3. The highest BCUT2D eigenvalue weighted by molar-refractivity contribution is 6.33. The number of hydrogen-bond acceptors (Lipinski definition) is 3. The molecule has 96 valence electrons. The Morgan fingerprint density at radius 2 is 2.22 bits per heavy atom. The average Bonchev–Trinajstić information content (AvgIpc) is 2.78. The van der Waals surface area contributed by atoms with Gasteiger partial charge in [-0.15, -0.1) is 0 Å². The van der Waals surface area contributed by atoms with Gasteiger partial charge in [-0.05, 0) is 12.1 Å². The molecule has 0 aliphatic carbocycles. The van der Waals surface area contributed by atoms with E-state index >= 15 is 0 Å². The molecule has 0 aliphatic rings. The highest BCUT2D eigenvalue weighted by Gasteiger charge is 2.12. The normalized spacial score (nSPS) is 11.2. The van der Waals surface area contributed by atoms with Gasteiger partial charge in [0, 0.05) is 11.6 Å². The van der Waals surface area contributed by atoms with Crippen molar-refractivity contribution in [3.8, 4) is 11.3 Å². The van der Waals surface area contributed by atoms with E-state index in [2.05, 4.69) is 10.3 Å². The maximum Gasteiger partial charge on any atom is 0.208 e. The zero-order valence-corrected chi connectivity index (χ0v) is 11.0. The van der Waals surface area contributed by atoms with Crippen LogP contribution in [0.3, 0.4) is 0 Å². The molecule has 1 aromatic carbocycles. The molecule has 0 unspecified atom stereocenters. The highest BCUT2D eigenvalue weighted by atomic mass is 35.5. The number of oxazole rings is 1. The van der Waals surface area contributed by atoms with Crippen molar-refractivity contribution in [1.82, 2.24) is 10.3 Å². The minimum absolute atomic E-state index is 0.0528. The summed E-state index contributed by atoms with van der Waals surface area (Å²) in [6, 6.07) is 4.94. The monoisotopic (exact) mass is 268 g/mol. The largest absolute Gasteiger partial charge is 0.439 e. The van der Waals surface area contributed by atoms with Crippen LogP contribution in [0.4, 0.5) is 4.39 Å². The van der Waals surface area contributed by atoms with Gasteiger partial charge in [0.1, 0.15) is 5.82 Å². The smallest absolute Gasteiger partial charge is 0.208 e. The van der Waals surface area contributed by atoms with Gasteiger partial charge in [-0.3, -0.25) is 0 Å². The summed E-state index contributed by atoms with van der Waals surface area (Å²) in [6.45, 7) is 4.60. The number of aromatic nitrogens is 1. The van der Waals surface area contributed by atoms with Crippen LogP contribution in [0.25, 0.3) is 11.3 Å². The van der Waals surface area contributed by atoms with Gasteiger partial charge in [-0.1, -0.05) is 31.5 Å². The minimum Gasteiger partial charge on any atom is -0.439 e. The van der Waals surface area contributed by atoms with Crippen LogP contribution in [0.5, 0.6) is 0 Å². The lowest BCUT2D eigenvalue weighted by atomic mass is 10.2. The first-order chi connectivity index (χ1) is 8.58. The van der Waals surface area contributed by atoms with Gasteiger partial charge < -0.3 is 9.73 Å². The molecule has 0 bridgehead atoms. The Labute approximate surface area is 110 Å². The van der Waals surface area contributed by atoms with Crippen LogP contribution in [0.15, 0.2) is 28.8 Å². The van der Waals surface area contributed by atoms with Gasteiger partial charge in [0.15, 0.2) is 5.76 Å². The fourth-order valence-corrected chi connectivity index (χ4v) is 1.72. The predicted octanol–water partition coefficient (Wildman–Crippen LogP) is 3.63. The lowest BCUT2D eigenvalue weighted by molar-refractivity contribution is 0.459. The fourth-order valence-electron chi connectivity index (χ4n) is 1.50. The molecular formula is C13H14ClFN2O. The Kier molecular flexibility index (Phi) is 3.99. The SMILES string of the molecule is CC(C)NCc1ncc(-c2cccc(F)c2Cl)o1. The molecule has 0 atom stereocenters. The second kappa shape index (κ2) is 5.50. The number of hydrogen-bond donors (Lipinski definition) is 1. The number of rotatable bonds is 4. The van der Waals surface area contributed by atoms with Gasteiger partial charge in [-0.25, -0.2) is 9.37 Å². The molecule has 0 fully saturated rings. The maximum atomic E-state index is 13.3. The first kappa shape index (κ1) is 13.1. The van der Waals surface area contributed by atoms with Crippen molar-refractivity contribution in [1.29, 1.82) is 0 Å². The summed E-state index contributed by atoms with van der Waals surface area (Å²) in [5.41, 5.74) is 0.514. The third kappa shape index (κ3) is 2.89. The predicted molar refractivity (Wildman–Crippen MR) is 68.9 cm³/mol. The topological polar surface area (TPSA) is 38.1 Å². The Bertz CT molecular complexity index is 540. The highest BCUT2D eigenvalue weighted by Crippen LogP contribution is 2.30. The van der Waals surface area contributed by atoms with Crippen LogP contribution in [0.2, 0.25) is 5.02 Å². The zero-order chi connectivity index (χ0) is 13.1. The third-order valence-electron chi connectivity index (χ3n) is 2.43. The summed E-state index contributed by atoms with van der Waals surface area (Å²) in [5.74, 6) is 0.562. The Hall–Kier alpha value is -1.39. The van der Waals surface area contributed by atoms with Crippen LogP contribution in [-0.4, -0.2) is 11.0 Å². The molecule has 0 saturated carbocycles. The summed E-state index contributed by atoms with van der Waals surface area (Å²) in [5, 5.41) is 3.24. The molecule has 2 aromatic rings. The van der Waals surface area contributed by atoms with Gasteiger partial charge in [0.25, 0.3) is 0 Å². The third-order valence-corrected chi connectivity index (χ3v) is 2.82. The van der Waals surface area contributed by atoms with Gasteiger partial charge in [0.05, 0.1) is 17.8 Å². The summed E-state index contributed by atoms with van der Waals surface area (Å²) < 4.78 is 18.9. The first-order valence-electron chi connectivity index (χ1n) is 5.70. The van der Waals surface area contributed by atoms with Crippen molar-refractivity contribution in [2.24, 2.45) is 0 Å². The molecule has 5 heteroatoms. The van der Waals surface area contributed by atoms with E-state index in [1.807, 2.05) is 13.8 Å². The molecule has 0 aliphatic heterocycles. The molecule has 18 heavy (non-hydrogen) atoms. The van der Waals surface area contributed by atoms with E-state index in [0.29, 0.717) is 29.8 Å². The van der Waals surface area contributed by atoms with Crippen LogP contribution in [0.1, 0.15) is 19.7 Å². The summed E-state index contributed by atoms with van der Waals surface area (Å²) in [7, 11) is 0. The molecule has 0 radical (unpaired) electrons. The van der Waals surface area contributed by atoms with Gasteiger partial charge >= 0.3 is 0 Å². The van der Waals surface area contributed by atoms with Crippen molar-refractivity contribution < 1.29 is 8.81 Å². The van der Waals surface area contributed by atoms with Crippen LogP contribution >= 0.6 is 11.6 Å². The van der Waals surface area contributed by atoms with Crippen molar-refractivity contribution in [3.05, 3.63) is 41.1 Å². The van der Waals surface area contributed by atoms with E-state index in [9.17, 15) is 4.39 Å². The summed E-state index contributed by atoms with van der Waals surface area (Å²) >= 11 is 5.89. The van der Waals surface area contributed by atoms with Crippen molar-refractivity contribution in [2.75, 3.05) is 0 Å². The first-order valence-corrected chi connectivity index (χ1v) is 6.08. The number of halogens is 2. The maximum absolute atomic E-state index is 13.3. The molecule has 1 aromatic heterocycles. The van der Waals surface area contributed by atoms with Crippen LogP contribution < -0.4 is 5.32 Å². The van der Waals surface area contributed by atoms with E-state index in [-0.39, 0.29) is 5.02 Å². The van der Waals surface area contributed by atoms with E-state index in [1.165, 1.54) is 6.07 Å². The molecule has 3 nitrogen and oxygen atoms in total. The number of nitrogens with one attached hydrogen (secondary N) is 1. The van der Waals surface area contributed by atoms with Crippen molar-refractivity contribution in [2.45, 2.75) is 26.4 Å². The number of nitrogens with zero attached hydrogens (tertiary/aromatic N) is 1. The van der Waals surface area contributed by atoms with E-state index < -0.39 is 5.82 Å². The molecule has 1 heterocycles. The van der Waals surface area contributed by atoms with Gasteiger partial charge in [0.2, 0.25) is 5.89 Å². The van der Waals surface area contributed by atoms with Crippen molar-refractivity contribution in [3.63, 3.8) is 0 Å². The second-order valence-electron chi connectivity index (χ2n) is 4.26. The Balaban J connectivity index is 2.21. The lowest BCUT2D eigenvalue weighted by Gasteiger charge is -2.04. The Morgan fingerprint density at radius 1 is 1.44 bits per heavy atom.